The molecule has 2 aromatic rings. The Kier molecular flexibility index (Phi) is 6.79. The van der Waals surface area contributed by atoms with Crippen LogP contribution in [-0.4, -0.2) is 24.5 Å². The zero-order valence-electron chi connectivity index (χ0n) is 16.0. The van der Waals surface area contributed by atoms with E-state index >= 15 is 0 Å². The van der Waals surface area contributed by atoms with E-state index in [2.05, 4.69) is 87.2 Å². The SMILES string of the molecule is CCN(CC)CCC(C#N)(CC=C(C)C)c1cccc2ccccc12. The van der Waals surface area contributed by atoms with Crippen molar-refractivity contribution in [2.75, 3.05) is 19.6 Å². The second-order valence-corrected chi connectivity index (χ2v) is 6.98. The molecule has 0 bridgehead atoms. The summed E-state index contributed by atoms with van der Waals surface area (Å²) in [6.07, 6.45) is 3.83. The fourth-order valence-electron chi connectivity index (χ4n) is 3.42. The van der Waals surface area contributed by atoms with Crippen LogP contribution in [0.1, 0.15) is 46.1 Å². The van der Waals surface area contributed by atoms with Gasteiger partial charge in [0.1, 0.15) is 0 Å². The molecule has 0 fully saturated rings. The number of nitriles is 1. The van der Waals surface area contributed by atoms with Crippen molar-refractivity contribution in [2.24, 2.45) is 0 Å². The zero-order valence-corrected chi connectivity index (χ0v) is 16.0. The number of rotatable bonds is 8. The second-order valence-electron chi connectivity index (χ2n) is 6.98. The van der Waals surface area contributed by atoms with Gasteiger partial charge in [-0.2, -0.15) is 5.26 Å². The van der Waals surface area contributed by atoms with E-state index in [0.29, 0.717) is 0 Å². The van der Waals surface area contributed by atoms with Gasteiger partial charge in [-0.3, -0.25) is 0 Å². The summed E-state index contributed by atoms with van der Waals surface area (Å²) < 4.78 is 0. The molecule has 2 nitrogen and oxygen atoms in total. The molecule has 0 saturated heterocycles. The molecule has 1 atom stereocenters. The van der Waals surface area contributed by atoms with Crippen LogP contribution in [0.2, 0.25) is 0 Å². The number of fused-ring (bicyclic) bond motifs is 1. The summed E-state index contributed by atoms with van der Waals surface area (Å²) in [6, 6.07) is 17.5. The van der Waals surface area contributed by atoms with Gasteiger partial charge in [-0.15, -0.1) is 0 Å². The minimum Gasteiger partial charge on any atom is -0.304 e. The second kappa shape index (κ2) is 8.83. The average molecular weight is 335 g/mol. The third-order valence-corrected chi connectivity index (χ3v) is 5.13. The molecule has 0 aliphatic rings. The van der Waals surface area contributed by atoms with Gasteiger partial charge in [0, 0.05) is 0 Å². The summed E-state index contributed by atoms with van der Waals surface area (Å²) in [5.74, 6) is 0. The summed E-state index contributed by atoms with van der Waals surface area (Å²) in [4.78, 5) is 2.40. The predicted molar refractivity (Wildman–Crippen MR) is 108 cm³/mol. The van der Waals surface area contributed by atoms with Crippen molar-refractivity contribution in [1.82, 2.24) is 4.90 Å². The molecular formula is C23H30N2. The first-order chi connectivity index (χ1) is 12.1. The van der Waals surface area contributed by atoms with Gasteiger partial charge in [-0.25, -0.2) is 0 Å². The lowest BCUT2D eigenvalue weighted by Gasteiger charge is -2.30. The first-order valence-electron chi connectivity index (χ1n) is 9.31. The smallest absolute Gasteiger partial charge is 0.0874 e. The molecule has 2 rings (SSSR count). The van der Waals surface area contributed by atoms with Crippen LogP contribution in [0.15, 0.2) is 54.1 Å². The Morgan fingerprint density at radius 2 is 1.76 bits per heavy atom. The number of nitrogens with zero attached hydrogens (tertiary/aromatic N) is 2. The van der Waals surface area contributed by atoms with Crippen LogP contribution >= 0.6 is 0 Å². The number of hydrogen-bond donors (Lipinski definition) is 0. The summed E-state index contributed by atoms with van der Waals surface area (Å²) in [6.45, 7) is 11.6. The number of allylic oxidation sites excluding steroid dienone is 2. The topological polar surface area (TPSA) is 27.0 Å². The quantitative estimate of drug-likeness (QED) is 0.580. The molecule has 0 heterocycles. The van der Waals surface area contributed by atoms with Crippen LogP contribution in [0, 0.1) is 11.3 Å². The zero-order chi connectivity index (χ0) is 18.3. The molecular weight excluding hydrogens is 304 g/mol. The van der Waals surface area contributed by atoms with Crippen molar-refractivity contribution in [2.45, 2.75) is 46.0 Å². The van der Waals surface area contributed by atoms with Crippen LogP contribution in [0.3, 0.4) is 0 Å². The van der Waals surface area contributed by atoms with Gasteiger partial charge in [-0.05, 0) is 62.7 Å². The van der Waals surface area contributed by atoms with Crippen molar-refractivity contribution >= 4 is 10.8 Å². The Balaban J connectivity index is 2.52. The van der Waals surface area contributed by atoms with Crippen LogP contribution in [0.5, 0.6) is 0 Å². The molecule has 0 aliphatic carbocycles. The number of hydrogen-bond acceptors (Lipinski definition) is 2. The molecule has 1 unspecified atom stereocenters. The van der Waals surface area contributed by atoms with Crippen LogP contribution < -0.4 is 0 Å². The minimum absolute atomic E-state index is 0.485. The summed E-state index contributed by atoms with van der Waals surface area (Å²) in [5, 5.41) is 12.7. The lowest BCUT2D eigenvalue weighted by atomic mass is 9.74. The largest absolute Gasteiger partial charge is 0.304 e. The summed E-state index contributed by atoms with van der Waals surface area (Å²) >= 11 is 0. The van der Waals surface area contributed by atoms with E-state index in [1.54, 1.807) is 0 Å². The van der Waals surface area contributed by atoms with Crippen LogP contribution in [-0.2, 0) is 5.41 Å². The predicted octanol–water partition coefficient (Wildman–Crippen LogP) is 5.69. The highest BCUT2D eigenvalue weighted by molar-refractivity contribution is 5.87. The normalized spacial score (nSPS) is 13.4. The molecule has 0 aromatic heterocycles. The van der Waals surface area contributed by atoms with Gasteiger partial charge < -0.3 is 4.90 Å². The fourth-order valence-corrected chi connectivity index (χ4v) is 3.42. The minimum atomic E-state index is -0.485. The monoisotopic (exact) mass is 334 g/mol. The Morgan fingerprint density at radius 3 is 2.40 bits per heavy atom. The molecule has 0 N–H and O–H groups in total. The van der Waals surface area contributed by atoms with Crippen LogP contribution in [0.4, 0.5) is 0 Å². The third-order valence-electron chi connectivity index (χ3n) is 5.13. The van der Waals surface area contributed by atoms with Gasteiger partial charge in [0.05, 0.1) is 11.5 Å². The molecule has 0 radical (unpaired) electrons. The first-order valence-corrected chi connectivity index (χ1v) is 9.31. The maximum Gasteiger partial charge on any atom is 0.0874 e. The lowest BCUT2D eigenvalue weighted by molar-refractivity contribution is 0.276. The fraction of sp³-hybridized carbons (Fsp3) is 0.435. The first kappa shape index (κ1) is 19.2. The molecule has 0 aliphatic heterocycles. The molecule has 2 aromatic carbocycles. The summed E-state index contributed by atoms with van der Waals surface area (Å²) in [5.41, 5.74) is 1.95. The van der Waals surface area contributed by atoms with Crippen molar-refractivity contribution < 1.29 is 0 Å². The van der Waals surface area contributed by atoms with Crippen molar-refractivity contribution in [1.29, 1.82) is 5.26 Å². The molecule has 0 saturated carbocycles. The van der Waals surface area contributed by atoms with Crippen molar-refractivity contribution in [3.05, 3.63) is 59.7 Å². The maximum atomic E-state index is 10.3. The van der Waals surface area contributed by atoms with Crippen molar-refractivity contribution in [3.8, 4) is 6.07 Å². The molecule has 132 valence electrons. The van der Waals surface area contributed by atoms with Crippen LogP contribution in [0.25, 0.3) is 10.8 Å². The van der Waals surface area contributed by atoms with E-state index in [1.807, 2.05) is 0 Å². The highest BCUT2D eigenvalue weighted by Gasteiger charge is 2.33. The highest BCUT2D eigenvalue weighted by Crippen LogP contribution is 2.37. The lowest BCUT2D eigenvalue weighted by Crippen LogP contribution is -2.32. The van der Waals surface area contributed by atoms with E-state index in [4.69, 9.17) is 0 Å². The van der Waals surface area contributed by atoms with E-state index in [1.165, 1.54) is 16.3 Å². The Bertz CT molecular complexity index is 756. The molecule has 2 heteroatoms. The Morgan fingerprint density at radius 1 is 1.08 bits per heavy atom. The molecule has 0 spiro atoms. The van der Waals surface area contributed by atoms with E-state index in [9.17, 15) is 5.26 Å². The standard InChI is InChI=1S/C23H30N2/c1-5-25(6-2)17-16-23(18-24,15-14-19(3)4)22-13-9-11-20-10-7-8-12-21(20)22/h7-14H,5-6,15-17H2,1-4H3. The average Bonchev–Trinajstić information content (AvgIpc) is 2.65. The van der Waals surface area contributed by atoms with Gasteiger partial charge in [0.2, 0.25) is 0 Å². The Hall–Kier alpha value is -2.11. The molecule has 25 heavy (non-hydrogen) atoms. The maximum absolute atomic E-state index is 10.3. The highest BCUT2D eigenvalue weighted by atomic mass is 15.1. The summed E-state index contributed by atoms with van der Waals surface area (Å²) in [7, 11) is 0. The van der Waals surface area contributed by atoms with E-state index in [0.717, 1.165) is 38.0 Å². The van der Waals surface area contributed by atoms with Gasteiger partial charge in [0.15, 0.2) is 0 Å². The van der Waals surface area contributed by atoms with E-state index < -0.39 is 5.41 Å². The van der Waals surface area contributed by atoms with Gasteiger partial charge in [-0.1, -0.05) is 68.0 Å². The number of benzene rings is 2. The third kappa shape index (κ3) is 4.50. The van der Waals surface area contributed by atoms with Gasteiger partial charge >= 0.3 is 0 Å². The van der Waals surface area contributed by atoms with E-state index in [-0.39, 0.29) is 0 Å². The van der Waals surface area contributed by atoms with Crippen molar-refractivity contribution in [3.63, 3.8) is 0 Å². The molecule has 0 amide bonds. The Labute approximate surface area is 152 Å². The van der Waals surface area contributed by atoms with Gasteiger partial charge in [0.25, 0.3) is 0 Å².